The molecule has 2 heteroatoms. The Balaban J connectivity index is 3.67. The highest BCUT2D eigenvalue weighted by Gasteiger charge is 1.99. The number of ether oxygens (including phenoxy) is 1. The average molecular weight is 140 g/mol. The molecule has 10 heavy (non-hydrogen) atoms. The fourth-order valence-electron chi connectivity index (χ4n) is 0.407. The van der Waals surface area contributed by atoms with Crippen LogP contribution in [0.15, 0.2) is 24.8 Å². The molecule has 0 aliphatic carbocycles. The van der Waals surface area contributed by atoms with Crippen molar-refractivity contribution in [2.45, 2.75) is 20.0 Å². The zero-order valence-electron chi connectivity index (χ0n) is 6.33. The number of esters is 1. The maximum absolute atomic E-state index is 10.7. The lowest BCUT2D eigenvalue weighted by Crippen LogP contribution is -2.09. The molecule has 0 N–H and O–H groups in total. The zero-order valence-corrected chi connectivity index (χ0v) is 6.33. The summed E-state index contributed by atoms with van der Waals surface area (Å²) >= 11 is 0. The highest BCUT2D eigenvalue weighted by Crippen LogP contribution is 1.92. The first kappa shape index (κ1) is 8.95. The van der Waals surface area contributed by atoms with Gasteiger partial charge in [0.15, 0.2) is 0 Å². The maximum Gasteiger partial charge on any atom is 0.330 e. The van der Waals surface area contributed by atoms with E-state index in [4.69, 9.17) is 4.74 Å². The first-order valence-electron chi connectivity index (χ1n) is 3.16. The van der Waals surface area contributed by atoms with E-state index in [0.717, 1.165) is 0 Å². The predicted molar refractivity (Wildman–Crippen MR) is 40.6 cm³/mol. The van der Waals surface area contributed by atoms with Crippen LogP contribution in [0.4, 0.5) is 0 Å². The summed E-state index contributed by atoms with van der Waals surface area (Å²) in [4.78, 5) is 10.7. The average Bonchev–Trinajstić information content (AvgIpc) is 1.88. The van der Waals surface area contributed by atoms with E-state index in [2.05, 4.69) is 6.58 Å². The molecular weight excluding hydrogens is 128 g/mol. The molecule has 0 aliphatic rings. The maximum atomic E-state index is 10.7. The molecule has 2 nitrogen and oxygen atoms in total. The van der Waals surface area contributed by atoms with E-state index >= 15 is 0 Å². The molecule has 0 aromatic heterocycles. The Morgan fingerprint density at radius 2 is 2.30 bits per heavy atom. The minimum atomic E-state index is -0.324. The summed E-state index contributed by atoms with van der Waals surface area (Å²) in [5, 5.41) is 0. The van der Waals surface area contributed by atoms with E-state index in [1.54, 1.807) is 26.0 Å². The molecule has 0 saturated heterocycles. The minimum Gasteiger partial charge on any atom is -0.455 e. The summed E-state index contributed by atoms with van der Waals surface area (Å²) in [5.74, 6) is -0.324. The van der Waals surface area contributed by atoms with Crippen LogP contribution in [-0.4, -0.2) is 12.1 Å². The van der Waals surface area contributed by atoms with Crippen LogP contribution in [0, 0.1) is 0 Å². The van der Waals surface area contributed by atoms with Crippen LogP contribution in [0.5, 0.6) is 0 Å². The van der Waals surface area contributed by atoms with Crippen molar-refractivity contribution >= 4 is 5.97 Å². The van der Waals surface area contributed by atoms with Gasteiger partial charge in [-0.2, -0.15) is 0 Å². The molecular formula is C8H12O2. The lowest BCUT2D eigenvalue weighted by molar-refractivity contribution is -0.140. The molecule has 0 aliphatic heterocycles. The number of rotatable bonds is 3. The van der Waals surface area contributed by atoms with Crippen LogP contribution >= 0.6 is 0 Å². The summed E-state index contributed by atoms with van der Waals surface area (Å²) in [7, 11) is 0. The van der Waals surface area contributed by atoms with Crippen LogP contribution in [0.25, 0.3) is 0 Å². The third-order valence-electron chi connectivity index (χ3n) is 0.937. The molecule has 0 fully saturated rings. The van der Waals surface area contributed by atoms with Gasteiger partial charge in [-0.05, 0) is 13.8 Å². The first-order chi connectivity index (χ1) is 4.70. The normalized spacial score (nSPS) is 13.0. The summed E-state index contributed by atoms with van der Waals surface area (Å²) < 4.78 is 4.80. The van der Waals surface area contributed by atoms with Crippen molar-refractivity contribution < 1.29 is 9.53 Å². The molecule has 0 heterocycles. The summed E-state index contributed by atoms with van der Waals surface area (Å²) in [6.07, 6.45) is 4.38. The van der Waals surface area contributed by atoms with Gasteiger partial charge < -0.3 is 4.74 Å². The van der Waals surface area contributed by atoms with E-state index in [-0.39, 0.29) is 12.1 Å². The number of carbonyl (C=O) groups excluding carboxylic acids is 1. The molecule has 0 radical (unpaired) electrons. The van der Waals surface area contributed by atoms with Crippen LogP contribution in [0.3, 0.4) is 0 Å². The largest absolute Gasteiger partial charge is 0.455 e. The lowest BCUT2D eigenvalue weighted by atomic mass is 10.4. The van der Waals surface area contributed by atoms with Crippen LogP contribution in [-0.2, 0) is 9.53 Å². The van der Waals surface area contributed by atoms with E-state index in [1.807, 2.05) is 0 Å². The Morgan fingerprint density at radius 3 is 2.70 bits per heavy atom. The molecule has 0 aromatic rings. The van der Waals surface area contributed by atoms with Crippen LogP contribution < -0.4 is 0 Å². The summed E-state index contributed by atoms with van der Waals surface area (Å²) in [5.41, 5.74) is 0. The highest BCUT2D eigenvalue weighted by molar-refractivity contribution is 5.81. The summed E-state index contributed by atoms with van der Waals surface area (Å²) in [6, 6.07) is 0. The van der Waals surface area contributed by atoms with Crippen molar-refractivity contribution in [1.82, 2.24) is 0 Å². The van der Waals surface area contributed by atoms with E-state index < -0.39 is 0 Å². The molecule has 0 amide bonds. The Kier molecular flexibility index (Phi) is 4.29. The van der Waals surface area contributed by atoms with Gasteiger partial charge in [0.2, 0.25) is 0 Å². The quantitative estimate of drug-likeness (QED) is 0.338. The lowest BCUT2D eigenvalue weighted by Gasteiger charge is -2.04. The first-order valence-corrected chi connectivity index (χ1v) is 3.16. The third kappa shape index (κ3) is 3.89. The van der Waals surface area contributed by atoms with Gasteiger partial charge >= 0.3 is 5.97 Å². The van der Waals surface area contributed by atoms with Crippen molar-refractivity contribution in [3.63, 3.8) is 0 Å². The predicted octanol–water partition coefficient (Wildman–Crippen LogP) is 1.68. The SMILES string of the molecule is C=CC(C)OC(=O)C=CC. The number of allylic oxidation sites excluding steroid dienone is 1. The minimum absolute atomic E-state index is 0.205. The number of hydrogen-bond acceptors (Lipinski definition) is 2. The molecule has 56 valence electrons. The van der Waals surface area contributed by atoms with Crippen LogP contribution in [0.2, 0.25) is 0 Å². The standard InChI is InChI=1S/C8H12O2/c1-4-6-8(9)10-7(3)5-2/h4-7H,2H2,1,3H3. The van der Waals surface area contributed by atoms with Gasteiger partial charge in [0.05, 0.1) is 0 Å². The van der Waals surface area contributed by atoms with Gasteiger partial charge in [0.25, 0.3) is 0 Å². The second-order valence-electron chi connectivity index (χ2n) is 1.88. The molecule has 0 saturated carbocycles. The highest BCUT2D eigenvalue weighted by atomic mass is 16.5. The van der Waals surface area contributed by atoms with E-state index in [9.17, 15) is 4.79 Å². The molecule has 0 rings (SSSR count). The van der Waals surface area contributed by atoms with Gasteiger partial charge in [-0.15, -0.1) is 0 Å². The summed E-state index contributed by atoms with van der Waals surface area (Å²) in [6.45, 7) is 6.99. The number of hydrogen-bond donors (Lipinski definition) is 0. The Morgan fingerprint density at radius 1 is 1.70 bits per heavy atom. The second-order valence-corrected chi connectivity index (χ2v) is 1.88. The Hall–Kier alpha value is -1.05. The topological polar surface area (TPSA) is 26.3 Å². The van der Waals surface area contributed by atoms with E-state index in [1.165, 1.54) is 6.08 Å². The molecule has 0 spiro atoms. The Labute approximate surface area is 61.2 Å². The van der Waals surface area contributed by atoms with Crippen LogP contribution in [0.1, 0.15) is 13.8 Å². The van der Waals surface area contributed by atoms with Crippen molar-refractivity contribution in [3.05, 3.63) is 24.8 Å². The fraction of sp³-hybridized carbons (Fsp3) is 0.375. The molecule has 1 unspecified atom stereocenters. The molecule has 1 atom stereocenters. The van der Waals surface area contributed by atoms with Gasteiger partial charge in [-0.25, -0.2) is 4.79 Å². The molecule has 0 aromatic carbocycles. The monoisotopic (exact) mass is 140 g/mol. The van der Waals surface area contributed by atoms with Gasteiger partial charge in [-0.3, -0.25) is 0 Å². The zero-order chi connectivity index (χ0) is 7.98. The number of carbonyl (C=O) groups is 1. The van der Waals surface area contributed by atoms with E-state index in [0.29, 0.717) is 0 Å². The Bertz CT molecular complexity index is 147. The molecule has 0 bridgehead atoms. The third-order valence-corrected chi connectivity index (χ3v) is 0.937. The van der Waals surface area contributed by atoms with Gasteiger partial charge in [0, 0.05) is 6.08 Å². The van der Waals surface area contributed by atoms with Crippen molar-refractivity contribution in [3.8, 4) is 0 Å². The van der Waals surface area contributed by atoms with Gasteiger partial charge in [-0.1, -0.05) is 18.7 Å². The van der Waals surface area contributed by atoms with Crippen molar-refractivity contribution in [1.29, 1.82) is 0 Å². The smallest absolute Gasteiger partial charge is 0.330 e. The second kappa shape index (κ2) is 4.79. The fourth-order valence-corrected chi connectivity index (χ4v) is 0.407. The van der Waals surface area contributed by atoms with Crippen molar-refractivity contribution in [2.75, 3.05) is 0 Å². The van der Waals surface area contributed by atoms with Crippen molar-refractivity contribution in [2.24, 2.45) is 0 Å². The van der Waals surface area contributed by atoms with Gasteiger partial charge in [0.1, 0.15) is 6.10 Å².